The van der Waals surface area contributed by atoms with E-state index in [0.29, 0.717) is 5.56 Å². The van der Waals surface area contributed by atoms with Gasteiger partial charge < -0.3 is 0 Å². The summed E-state index contributed by atoms with van der Waals surface area (Å²) >= 11 is 1.72. The van der Waals surface area contributed by atoms with E-state index in [9.17, 15) is 4.79 Å². The predicted octanol–water partition coefficient (Wildman–Crippen LogP) is 3.20. The van der Waals surface area contributed by atoms with E-state index >= 15 is 0 Å². The van der Waals surface area contributed by atoms with Crippen LogP contribution in [0.4, 0.5) is 0 Å². The number of benzene rings is 2. The zero-order chi connectivity index (χ0) is 14.5. The first-order valence-corrected chi connectivity index (χ1v) is 7.39. The van der Waals surface area contributed by atoms with Gasteiger partial charge in [-0.2, -0.15) is 0 Å². The molecule has 2 aromatic carbocycles. The molecule has 0 fully saturated rings. The van der Waals surface area contributed by atoms with Crippen molar-refractivity contribution in [2.24, 2.45) is 5.84 Å². The molecule has 3 nitrogen and oxygen atoms in total. The van der Waals surface area contributed by atoms with Gasteiger partial charge in [-0.05, 0) is 48.7 Å². The highest BCUT2D eigenvalue weighted by Crippen LogP contribution is 2.26. The van der Waals surface area contributed by atoms with Gasteiger partial charge >= 0.3 is 0 Å². The number of rotatable bonds is 4. The number of aryl methyl sites for hydroxylation is 2. The van der Waals surface area contributed by atoms with Gasteiger partial charge in [-0.3, -0.25) is 10.2 Å². The fourth-order valence-electron chi connectivity index (χ4n) is 1.91. The number of hydrazine groups is 1. The molecular weight excluding hydrogens is 268 g/mol. The van der Waals surface area contributed by atoms with Gasteiger partial charge in [-0.15, -0.1) is 11.8 Å². The largest absolute Gasteiger partial charge is 0.290 e. The Labute approximate surface area is 123 Å². The highest BCUT2D eigenvalue weighted by Gasteiger charge is 2.09. The highest BCUT2D eigenvalue weighted by atomic mass is 32.2. The molecular formula is C16H18N2OS. The van der Waals surface area contributed by atoms with Crippen LogP contribution in [-0.2, 0) is 5.75 Å². The zero-order valence-corrected chi connectivity index (χ0v) is 12.5. The van der Waals surface area contributed by atoms with Crippen molar-refractivity contribution in [3.8, 4) is 0 Å². The molecule has 2 aromatic rings. The van der Waals surface area contributed by atoms with Crippen molar-refractivity contribution in [1.29, 1.82) is 0 Å². The van der Waals surface area contributed by atoms with Gasteiger partial charge in [0.05, 0.1) is 0 Å². The van der Waals surface area contributed by atoms with Crippen molar-refractivity contribution >= 4 is 17.7 Å². The molecule has 2 rings (SSSR count). The van der Waals surface area contributed by atoms with Gasteiger partial charge in [-0.25, -0.2) is 5.84 Å². The summed E-state index contributed by atoms with van der Waals surface area (Å²) in [5.41, 5.74) is 6.37. The Hall–Kier alpha value is -1.78. The average molecular weight is 286 g/mol. The summed E-state index contributed by atoms with van der Waals surface area (Å²) in [6.07, 6.45) is 0. The third-order valence-electron chi connectivity index (χ3n) is 3.27. The summed E-state index contributed by atoms with van der Waals surface area (Å²) in [6.45, 7) is 4.21. The topological polar surface area (TPSA) is 55.1 Å². The number of amides is 1. The van der Waals surface area contributed by atoms with Crippen LogP contribution in [0.3, 0.4) is 0 Å². The van der Waals surface area contributed by atoms with Crippen LogP contribution in [0.5, 0.6) is 0 Å². The molecule has 0 spiro atoms. The first-order chi connectivity index (χ1) is 9.61. The molecule has 0 aliphatic rings. The van der Waals surface area contributed by atoms with Gasteiger partial charge in [0.15, 0.2) is 0 Å². The molecule has 104 valence electrons. The normalized spacial score (nSPS) is 10.3. The molecule has 0 saturated heterocycles. The standard InChI is InChI=1S/C16H18N2OS/c1-11-7-8-14(9-12(11)2)20-10-13-5-3-4-6-15(13)16(19)18-17/h3-9H,10,17H2,1-2H3,(H,18,19). The summed E-state index contributed by atoms with van der Waals surface area (Å²) in [5.74, 6) is 5.70. The summed E-state index contributed by atoms with van der Waals surface area (Å²) in [6, 6.07) is 13.9. The lowest BCUT2D eigenvalue weighted by Crippen LogP contribution is -2.30. The second-order valence-corrected chi connectivity index (χ2v) is 5.71. The minimum Gasteiger partial charge on any atom is -0.290 e. The van der Waals surface area contributed by atoms with Crippen molar-refractivity contribution < 1.29 is 4.79 Å². The molecule has 0 aliphatic carbocycles. The highest BCUT2D eigenvalue weighted by molar-refractivity contribution is 7.98. The van der Waals surface area contributed by atoms with Gasteiger partial charge in [-0.1, -0.05) is 24.3 Å². The van der Waals surface area contributed by atoms with Crippen molar-refractivity contribution in [3.63, 3.8) is 0 Å². The van der Waals surface area contributed by atoms with Gasteiger partial charge in [0.25, 0.3) is 5.91 Å². The van der Waals surface area contributed by atoms with Crippen molar-refractivity contribution in [2.45, 2.75) is 24.5 Å². The molecule has 3 N–H and O–H groups in total. The summed E-state index contributed by atoms with van der Waals surface area (Å²) in [4.78, 5) is 12.9. The predicted molar refractivity (Wildman–Crippen MR) is 83.6 cm³/mol. The minimum atomic E-state index is -0.249. The SMILES string of the molecule is Cc1ccc(SCc2ccccc2C(=O)NN)cc1C. The fraction of sp³-hybridized carbons (Fsp3) is 0.188. The monoisotopic (exact) mass is 286 g/mol. The number of carbonyl (C=O) groups is 1. The van der Waals surface area contributed by atoms with Crippen LogP contribution in [0.1, 0.15) is 27.0 Å². The van der Waals surface area contributed by atoms with E-state index in [0.717, 1.165) is 11.3 Å². The Morgan fingerprint density at radius 2 is 1.90 bits per heavy atom. The van der Waals surface area contributed by atoms with Crippen LogP contribution in [0.2, 0.25) is 0 Å². The lowest BCUT2D eigenvalue weighted by Gasteiger charge is -2.09. The number of nitrogens with two attached hydrogens (primary N) is 1. The maximum Gasteiger partial charge on any atom is 0.265 e. The summed E-state index contributed by atoms with van der Waals surface area (Å²) in [5, 5.41) is 0. The Balaban J connectivity index is 2.14. The van der Waals surface area contributed by atoms with Crippen LogP contribution in [0.25, 0.3) is 0 Å². The van der Waals surface area contributed by atoms with Crippen molar-refractivity contribution in [1.82, 2.24) is 5.43 Å². The lowest BCUT2D eigenvalue weighted by molar-refractivity contribution is 0.0953. The third-order valence-corrected chi connectivity index (χ3v) is 4.31. The molecule has 0 aliphatic heterocycles. The molecule has 0 atom stereocenters. The van der Waals surface area contributed by atoms with E-state index < -0.39 is 0 Å². The van der Waals surface area contributed by atoms with E-state index in [-0.39, 0.29) is 5.91 Å². The average Bonchev–Trinajstić information content (AvgIpc) is 2.48. The molecule has 20 heavy (non-hydrogen) atoms. The molecule has 1 amide bonds. The fourth-order valence-corrected chi connectivity index (χ4v) is 2.91. The second-order valence-electron chi connectivity index (χ2n) is 4.67. The maximum atomic E-state index is 11.7. The van der Waals surface area contributed by atoms with E-state index in [1.165, 1.54) is 16.0 Å². The number of thioether (sulfide) groups is 1. The number of nitrogens with one attached hydrogen (secondary N) is 1. The Morgan fingerprint density at radius 1 is 1.15 bits per heavy atom. The molecule has 0 unspecified atom stereocenters. The van der Waals surface area contributed by atoms with E-state index in [4.69, 9.17) is 5.84 Å². The third kappa shape index (κ3) is 3.40. The maximum absolute atomic E-state index is 11.7. The quantitative estimate of drug-likeness (QED) is 0.393. The minimum absolute atomic E-state index is 0.249. The number of hydrogen-bond donors (Lipinski definition) is 2. The summed E-state index contributed by atoms with van der Waals surface area (Å²) < 4.78 is 0. The Kier molecular flexibility index (Phi) is 4.82. The van der Waals surface area contributed by atoms with Crippen LogP contribution >= 0.6 is 11.8 Å². The molecule has 0 saturated carbocycles. The van der Waals surface area contributed by atoms with Crippen LogP contribution < -0.4 is 11.3 Å². The van der Waals surface area contributed by atoms with E-state index in [1.54, 1.807) is 17.8 Å². The van der Waals surface area contributed by atoms with Crippen molar-refractivity contribution in [2.75, 3.05) is 0 Å². The molecule has 0 radical (unpaired) electrons. The number of nitrogen functional groups attached to an aromatic ring is 1. The first-order valence-electron chi connectivity index (χ1n) is 6.40. The number of hydrogen-bond acceptors (Lipinski definition) is 3. The van der Waals surface area contributed by atoms with Gasteiger partial charge in [0.2, 0.25) is 0 Å². The second kappa shape index (κ2) is 6.59. The summed E-state index contributed by atoms with van der Waals surface area (Å²) in [7, 11) is 0. The van der Waals surface area contributed by atoms with Crippen LogP contribution in [0, 0.1) is 13.8 Å². The number of carbonyl (C=O) groups excluding carboxylic acids is 1. The van der Waals surface area contributed by atoms with Crippen LogP contribution in [0.15, 0.2) is 47.4 Å². The zero-order valence-electron chi connectivity index (χ0n) is 11.6. The van der Waals surface area contributed by atoms with Gasteiger partial charge in [0.1, 0.15) is 0 Å². The molecule has 0 bridgehead atoms. The molecule has 0 aromatic heterocycles. The van der Waals surface area contributed by atoms with Gasteiger partial charge in [0, 0.05) is 16.2 Å². The van der Waals surface area contributed by atoms with E-state index in [2.05, 4.69) is 37.5 Å². The van der Waals surface area contributed by atoms with Crippen molar-refractivity contribution in [3.05, 3.63) is 64.7 Å². The Bertz CT molecular complexity index is 626. The molecule has 4 heteroatoms. The molecule has 0 heterocycles. The Morgan fingerprint density at radius 3 is 2.60 bits per heavy atom. The van der Waals surface area contributed by atoms with E-state index in [1.807, 2.05) is 18.2 Å². The first kappa shape index (κ1) is 14.6. The van der Waals surface area contributed by atoms with Crippen LogP contribution in [-0.4, -0.2) is 5.91 Å². The lowest BCUT2D eigenvalue weighted by atomic mass is 10.1. The smallest absolute Gasteiger partial charge is 0.265 e.